The van der Waals surface area contributed by atoms with Gasteiger partial charge in [-0.25, -0.2) is 4.98 Å². The van der Waals surface area contributed by atoms with Gasteiger partial charge in [0.15, 0.2) is 5.82 Å². The van der Waals surface area contributed by atoms with Gasteiger partial charge in [-0.1, -0.05) is 6.07 Å². The van der Waals surface area contributed by atoms with Crippen LogP contribution in [0.25, 0.3) is 11.0 Å². The molecule has 0 atom stereocenters. The fourth-order valence-electron chi connectivity index (χ4n) is 3.66. The second kappa shape index (κ2) is 5.08. The van der Waals surface area contributed by atoms with Crippen LogP contribution in [0.4, 0.5) is 0 Å². The van der Waals surface area contributed by atoms with E-state index < -0.39 is 0 Å². The van der Waals surface area contributed by atoms with Gasteiger partial charge < -0.3 is 15.2 Å². The lowest BCUT2D eigenvalue weighted by atomic mass is 9.77. The Morgan fingerprint density at radius 2 is 2.09 bits per heavy atom. The zero-order valence-electron chi connectivity index (χ0n) is 13.2. The summed E-state index contributed by atoms with van der Waals surface area (Å²) in [5, 5.41) is 2.92. The Labute approximate surface area is 134 Å². The lowest BCUT2D eigenvalue weighted by Crippen LogP contribution is -2.44. The molecule has 6 nitrogen and oxygen atoms in total. The number of piperidine rings is 1. The van der Waals surface area contributed by atoms with Crippen molar-refractivity contribution in [1.82, 2.24) is 20.2 Å². The Morgan fingerprint density at radius 3 is 2.78 bits per heavy atom. The van der Waals surface area contributed by atoms with Gasteiger partial charge in [-0.2, -0.15) is 0 Å². The third-order valence-electron chi connectivity index (χ3n) is 5.15. The van der Waals surface area contributed by atoms with E-state index in [0.717, 1.165) is 36.0 Å². The van der Waals surface area contributed by atoms with E-state index in [1.165, 1.54) is 0 Å². The molecule has 2 amide bonds. The fourth-order valence-corrected chi connectivity index (χ4v) is 3.66. The molecular formula is C17H20N4O2. The van der Waals surface area contributed by atoms with Gasteiger partial charge in [0.1, 0.15) is 0 Å². The summed E-state index contributed by atoms with van der Waals surface area (Å²) in [6.07, 6.45) is 2.34. The monoisotopic (exact) mass is 312 g/mol. The number of benzene rings is 1. The number of rotatable bonds is 1. The van der Waals surface area contributed by atoms with Gasteiger partial charge in [-0.05, 0) is 42.9 Å². The summed E-state index contributed by atoms with van der Waals surface area (Å²) in [6, 6.07) is 5.92. The second-order valence-electron chi connectivity index (χ2n) is 6.85. The summed E-state index contributed by atoms with van der Waals surface area (Å²) in [6.45, 7) is 4.13. The Hall–Kier alpha value is -2.37. The molecule has 0 bridgehead atoms. The number of imidazole rings is 1. The number of fused-ring (bicyclic) bond motifs is 1. The number of H-pyrrole nitrogens is 1. The molecule has 1 aromatic heterocycles. The summed E-state index contributed by atoms with van der Waals surface area (Å²) in [4.78, 5) is 33.5. The third-order valence-corrected chi connectivity index (χ3v) is 5.15. The standard InChI is InChI=1S/C17H20N4O2/c1-11-2-3-12-13(8-11)20-15(19-12)16(23)21-6-4-17(5-7-21)9-14(22)18-10-17/h2-3,8H,4-7,9-10H2,1H3,(H,18,22)(H,19,20). The SMILES string of the molecule is Cc1ccc2nc(C(=O)N3CCC4(CC3)CNC(=O)C4)[nH]c2c1. The largest absolute Gasteiger partial charge is 0.356 e. The maximum atomic E-state index is 12.7. The summed E-state index contributed by atoms with van der Waals surface area (Å²) < 4.78 is 0. The van der Waals surface area contributed by atoms with Crippen LogP contribution in [0.1, 0.15) is 35.4 Å². The van der Waals surface area contributed by atoms with E-state index in [2.05, 4.69) is 15.3 Å². The van der Waals surface area contributed by atoms with E-state index in [1.54, 1.807) is 0 Å². The van der Waals surface area contributed by atoms with Gasteiger partial charge in [-0.15, -0.1) is 0 Å². The number of hydrogen-bond acceptors (Lipinski definition) is 3. The molecule has 0 radical (unpaired) electrons. The summed E-state index contributed by atoms with van der Waals surface area (Å²) in [5.41, 5.74) is 2.91. The first-order chi connectivity index (χ1) is 11.0. The van der Waals surface area contributed by atoms with Gasteiger partial charge >= 0.3 is 0 Å². The number of aryl methyl sites for hydroxylation is 1. The van der Waals surface area contributed by atoms with Crippen LogP contribution in [0.3, 0.4) is 0 Å². The average Bonchev–Trinajstić information content (AvgIpc) is 3.11. The van der Waals surface area contributed by atoms with Crippen LogP contribution in [0.2, 0.25) is 0 Å². The number of nitrogens with zero attached hydrogens (tertiary/aromatic N) is 2. The van der Waals surface area contributed by atoms with Crippen molar-refractivity contribution in [2.24, 2.45) is 5.41 Å². The van der Waals surface area contributed by atoms with E-state index in [4.69, 9.17) is 0 Å². The van der Waals surface area contributed by atoms with Crippen LogP contribution in [0.15, 0.2) is 18.2 Å². The van der Waals surface area contributed by atoms with Crippen LogP contribution >= 0.6 is 0 Å². The van der Waals surface area contributed by atoms with Gasteiger partial charge in [0.2, 0.25) is 5.91 Å². The Morgan fingerprint density at radius 1 is 1.30 bits per heavy atom. The molecular weight excluding hydrogens is 292 g/mol. The van der Waals surface area contributed by atoms with Crippen LogP contribution in [0, 0.1) is 12.3 Å². The zero-order chi connectivity index (χ0) is 16.0. The maximum absolute atomic E-state index is 12.7. The molecule has 2 N–H and O–H groups in total. The number of carbonyl (C=O) groups excluding carboxylic acids is 2. The molecule has 2 aliphatic heterocycles. The van der Waals surface area contributed by atoms with Gasteiger partial charge in [0, 0.05) is 26.1 Å². The molecule has 120 valence electrons. The number of likely N-dealkylation sites (tertiary alicyclic amines) is 1. The first kappa shape index (κ1) is 14.2. The van der Waals surface area contributed by atoms with E-state index in [9.17, 15) is 9.59 Å². The minimum absolute atomic E-state index is 0.0500. The topological polar surface area (TPSA) is 78.1 Å². The summed E-state index contributed by atoms with van der Waals surface area (Å²) in [5.74, 6) is 0.491. The lowest BCUT2D eigenvalue weighted by Gasteiger charge is -2.37. The van der Waals surface area contributed by atoms with Crippen molar-refractivity contribution >= 4 is 22.8 Å². The molecule has 3 heterocycles. The highest BCUT2D eigenvalue weighted by Crippen LogP contribution is 2.37. The van der Waals surface area contributed by atoms with E-state index in [0.29, 0.717) is 25.3 Å². The van der Waals surface area contributed by atoms with Gasteiger partial charge in [0.05, 0.1) is 11.0 Å². The van der Waals surface area contributed by atoms with Gasteiger partial charge in [-0.3, -0.25) is 9.59 Å². The predicted octanol–water partition coefficient (Wildman–Crippen LogP) is 1.61. The van der Waals surface area contributed by atoms with Gasteiger partial charge in [0.25, 0.3) is 5.91 Å². The summed E-state index contributed by atoms with van der Waals surface area (Å²) >= 11 is 0. The molecule has 0 saturated carbocycles. The lowest BCUT2D eigenvalue weighted by molar-refractivity contribution is -0.119. The van der Waals surface area contributed by atoms with Crippen molar-refractivity contribution in [3.8, 4) is 0 Å². The van der Waals surface area contributed by atoms with E-state index >= 15 is 0 Å². The van der Waals surface area contributed by atoms with Crippen molar-refractivity contribution in [2.45, 2.75) is 26.2 Å². The molecule has 2 fully saturated rings. The number of carbonyl (C=O) groups is 2. The molecule has 4 rings (SSSR count). The molecule has 0 aliphatic carbocycles. The smallest absolute Gasteiger partial charge is 0.289 e. The fraction of sp³-hybridized carbons (Fsp3) is 0.471. The van der Waals surface area contributed by atoms with Crippen LogP contribution in [0.5, 0.6) is 0 Å². The average molecular weight is 312 g/mol. The first-order valence-electron chi connectivity index (χ1n) is 8.07. The second-order valence-corrected chi connectivity index (χ2v) is 6.85. The third kappa shape index (κ3) is 2.48. The molecule has 2 aromatic rings. The quantitative estimate of drug-likeness (QED) is 0.840. The highest BCUT2D eigenvalue weighted by molar-refractivity contribution is 5.94. The van der Waals surface area contributed by atoms with Crippen molar-refractivity contribution in [3.05, 3.63) is 29.6 Å². The van der Waals surface area contributed by atoms with Crippen molar-refractivity contribution in [3.63, 3.8) is 0 Å². The van der Waals surface area contributed by atoms with Crippen LogP contribution in [-0.4, -0.2) is 46.3 Å². The molecule has 23 heavy (non-hydrogen) atoms. The van der Waals surface area contributed by atoms with Crippen LogP contribution < -0.4 is 5.32 Å². The minimum atomic E-state index is -0.0500. The molecule has 1 aromatic carbocycles. The Kier molecular flexibility index (Phi) is 3.14. The first-order valence-corrected chi connectivity index (χ1v) is 8.07. The highest BCUT2D eigenvalue weighted by Gasteiger charge is 2.41. The molecule has 2 aliphatic rings. The maximum Gasteiger partial charge on any atom is 0.289 e. The van der Waals surface area contributed by atoms with E-state index in [1.807, 2.05) is 30.0 Å². The van der Waals surface area contributed by atoms with Crippen molar-refractivity contribution in [1.29, 1.82) is 0 Å². The Bertz CT molecular complexity index is 787. The normalized spacial score (nSPS) is 20.2. The number of nitrogens with one attached hydrogen (secondary N) is 2. The van der Waals surface area contributed by atoms with E-state index in [-0.39, 0.29) is 17.2 Å². The molecule has 6 heteroatoms. The highest BCUT2D eigenvalue weighted by atomic mass is 16.2. The number of hydrogen-bond donors (Lipinski definition) is 2. The molecule has 2 saturated heterocycles. The predicted molar refractivity (Wildman–Crippen MR) is 86.0 cm³/mol. The number of aromatic nitrogens is 2. The number of aromatic amines is 1. The molecule has 0 unspecified atom stereocenters. The van der Waals surface area contributed by atoms with Crippen LogP contribution in [-0.2, 0) is 4.79 Å². The molecule has 1 spiro atoms. The zero-order valence-corrected chi connectivity index (χ0v) is 13.2. The van der Waals surface area contributed by atoms with Crippen molar-refractivity contribution in [2.75, 3.05) is 19.6 Å². The summed E-state index contributed by atoms with van der Waals surface area (Å²) in [7, 11) is 0. The van der Waals surface area contributed by atoms with Crippen molar-refractivity contribution < 1.29 is 9.59 Å². The number of amides is 2. The Balaban J connectivity index is 1.50. The minimum Gasteiger partial charge on any atom is -0.356 e.